The minimum absolute atomic E-state index is 0.605. The summed E-state index contributed by atoms with van der Waals surface area (Å²) in [4.78, 5) is 2.75. The lowest BCUT2D eigenvalue weighted by atomic mass is 9.96. The second-order valence-corrected chi connectivity index (χ2v) is 6.25. The van der Waals surface area contributed by atoms with Gasteiger partial charge in [-0.25, -0.2) is 0 Å². The Kier molecular flexibility index (Phi) is 4.24. The molecule has 19 heavy (non-hydrogen) atoms. The van der Waals surface area contributed by atoms with Gasteiger partial charge in [-0.05, 0) is 63.7 Å². The van der Waals surface area contributed by atoms with Crippen LogP contribution in [0.5, 0.6) is 0 Å². The van der Waals surface area contributed by atoms with Crippen LogP contribution in [-0.4, -0.2) is 36.6 Å². The van der Waals surface area contributed by atoms with Crippen LogP contribution in [0, 0.1) is 5.92 Å². The van der Waals surface area contributed by atoms with E-state index in [4.69, 9.17) is 4.42 Å². The maximum atomic E-state index is 5.51. The topological polar surface area (TPSA) is 28.4 Å². The standard InChI is InChI=1S/C16H26N2O/c1-13(11-16-3-2-10-19-16)18(15-4-5-15)12-14-6-8-17-9-7-14/h2-3,10,13-15,17H,4-9,11-12H2,1H3. The van der Waals surface area contributed by atoms with E-state index < -0.39 is 0 Å². The summed E-state index contributed by atoms with van der Waals surface area (Å²) in [5, 5.41) is 3.46. The van der Waals surface area contributed by atoms with Crippen molar-refractivity contribution in [3.05, 3.63) is 24.2 Å². The Labute approximate surface area is 116 Å². The van der Waals surface area contributed by atoms with E-state index in [1.807, 2.05) is 6.07 Å². The lowest BCUT2D eigenvalue weighted by Gasteiger charge is -2.34. The van der Waals surface area contributed by atoms with Crippen LogP contribution < -0.4 is 5.32 Å². The summed E-state index contributed by atoms with van der Waals surface area (Å²) in [6, 6.07) is 5.55. The SMILES string of the molecule is CC(Cc1ccco1)N(CC1CCNCC1)C1CC1. The summed E-state index contributed by atoms with van der Waals surface area (Å²) in [6.07, 6.45) is 8.32. The number of rotatable bonds is 6. The van der Waals surface area contributed by atoms with Gasteiger partial charge < -0.3 is 9.73 Å². The van der Waals surface area contributed by atoms with Crippen molar-refractivity contribution in [2.24, 2.45) is 5.92 Å². The molecule has 0 spiro atoms. The molecule has 1 saturated carbocycles. The molecule has 1 unspecified atom stereocenters. The van der Waals surface area contributed by atoms with Crippen molar-refractivity contribution in [3.63, 3.8) is 0 Å². The maximum Gasteiger partial charge on any atom is 0.105 e. The molecule has 1 aliphatic heterocycles. The first-order valence-electron chi connectivity index (χ1n) is 7.82. The van der Waals surface area contributed by atoms with Gasteiger partial charge in [0.25, 0.3) is 0 Å². The van der Waals surface area contributed by atoms with E-state index in [-0.39, 0.29) is 0 Å². The fourth-order valence-corrected chi connectivity index (χ4v) is 3.29. The molecule has 1 aliphatic carbocycles. The molecule has 1 aromatic heterocycles. The van der Waals surface area contributed by atoms with Crippen molar-refractivity contribution in [1.82, 2.24) is 10.2 Å². The quantitative estimate of drug-likeness (QED) is 0.854. The second kappa shape index (κ2) is 6.10. The Morgan fingerprint density at radius 2 is 2.11 bits per heavy atom. The average Bonchev–Trinajstić information content (AvgIpc) is 3.15. The largest absolute Gasteiger partial charge is 0.469 e. The van der Waals surface area contributed by atoms with Gasteiger partial charge in [-0.3, -0.25) is 4.90 Å². The molecule has 106 valence electrons. The van der Waals surface area contributed by atoms with Gasteiger partial charge >= 0.3 is 0 Å². The highest BCUT2D eigenvalue weighted by Gasteiger charge is 2.34. The third-order valence-corrected chi connectivity index (χ3v) is 4.59. The molecule has 1 N–H and O–H groups in total. The van der Waals surface area contributed by atoms with Gasteiger partial charge in [0.2, 0.25) is 0 Å². The van der Waals surface area contributed by atoms with Crippen LogP contribution in [0.2, 0.25) is 0 Å². The molecule has 0 bridgehead atoms. The minimum atomic E-state index is 0.605. The Balaban J connectivity index is 1.56. The van der Waals surface area contributed by atoms with Crippen LogP contribution in [0.4, 0.5) is 0 Å². The zero-order valence-electron chi connectivity index (χ0n) is 12.0. The predicted octanol–water partition coefficient (Wildman–Crippen LogP) is 2.67. The molecule has 2 heterocycles. The molecule has 0 radical (unpaired) electrons. The van der Waals surface area contributed by atoms with E-state index in [2.05, 4.69) is 23.2 Å². The van der Waals surface area contributed by atoms with Crippen molar-refractivity contribution < 1.29 is 4.42 Å². The number of piperidine rings is 1. The van der Waals surface area contributed by atoms with E-state index in [1.54, 1.807) is 6.26 Å². The normalized spacial score (nSPS) is 22.8. The highest BCUT2D eigenvalue weighted by molar-refractivity contribution is 5.01. The van der Waals surface area contributed by atoms with Crippen LogP contribution in [0.15, 0.2) is 22.8 Å². The smallest absolute Gasteiger partial charge is 0.105 e. The molecule has 1 atom stereocenters. The van der Waals surface area contributed by atoms with Crippen molar-refractivity contribution in [2.75, 3.05) is 19.6 Å². The third kappa shape index (κ3) is 3.61. The van der Waals surface area contributed by atoms with Crippen LogP contribution in [-0.2, 0) is 6.42 Å². The molecule has 3 nitrogen and oxygen atoms in total. The third-order valence-electron chi connectivity index (χ3n) is 4.59. The highest BCUT2D eigenvalue weighted by Crippen LogP contribution is 2.31. The van der Waals surface area contributed by atoms with Crippen LogP contribution in [0.1, 0.15) is 38.4 Å². The lowest BCUT2D eigenvalue weighted by Crippen LogP contribution is -2.42. The molecule has 2 aliphatic rings. The van der Waals surface area contributed by atoms with Crippen molar-refractivity contribution in [1.29, 1.82) is 0 Å². The van der Waals surface area contributed by atoms with E-state index in [0.717, 1.165) is 24.1 Å². The zero-order chi connectivity index (χ0) is 13.1. The summed E-state index contributed by atoms with van der Waals surface area (Å²) in [7, 11) is 0. The molecule has 0 aromatic carbocycles. The average molecular weight is 262 g/mol. The molecule has 0 amide bonds. The van der Waals surface area contributed by atoms with Gasteiger partial charge in [-0.1, -0.05) is 0 Å². The summed E-state index contributed by atoms with van der Waals surface area (Å²) < 4.78 is 5.51. The van der Waals surface area contributed by atoms with Crippen LogP contribution in [0.3, 0.4) is 0 Å². The van der Waals surface area contributed by atoms with Crippen LogP contribution >= 0.6 is 0 Å². The van der Waals surface area contributed by atoms with Gasteiger partial charge in [-0.15, -0.1) is 0 Å². The first kappa shape index (κ1) is 13.2. The number of hydrogen-bond acceptors (Lipinski definition) is 3. The Bertz CT molecular complexity index is 366. The van der Waals surface area contributed by atoms with Crippen LogP contribution in [0.25, 0.3) is 0 Å². The molecular weight excluding hydrogens is 236 g/mol. The Hall–Kier alpha value is -0.800. The van der Waals surface area contributed by atoms with Gasteiger partial charge in [0, 0.05) is 25.0 Å². The fraction of sp³-hybridized carbons (Fsp3) is 0.750. The molecule has 2 fully saturated rings. The van der Waals surface area contributed by atoms with Crippen molar-refractivity contribution in [3.8, 4) is 0 Å². The summed E-state index contributed by atoms with van der Waals surface area (Å²) in [6.45, 7) is 6.06. The molecule has 3 rings (SSSR count). The number of furan rings is 1. The van der Waals surface area contributed by atoms with Crippen molar-refractivity contribution in [2.45, 2.75) is 51.1 Å². The fourth-order valence-electron chi connectivity index (χ4n) is 3.29. The zero-order valence-corrected chi connectivity index (χ0v) is 12.0. The second-order valence-electron chi connectivity index (χ2n) is 6.25. The molecule has 3 heteroatoms. The maximum absolute atomic E-state index is 5.51. The monoisotopic (exact) mass is 262 g/mol. The van der Waals surface area contributed by atoms with Gasteiger partial charge in [-0.2, -0.15) is 0 Å². The van der Waals surface area contributed by atoms with Gasteiger partial charge in [0.1, 0.15) is 5.76 Å². The highest BCUT2D eigenvalue weighted by atomic mass is 16.3. The van der Waals surface area contributed by atoms with Gasteiger partial charge in [0.05, 0.1) is 6.26 Å². The van der Waals surface area contributed by atoms with E-state index in [1.165, 1.54) is 45.3 Å². The number of nitrogens with zero attached hydrogens (tertiary/aromatic N) is 1. The first-order valence-corrected chi connectivity index (χ1v) is 7.82. The van der Waals surface area contributed by atoms with E-state index in [0.29, 0.717) is 6.04 Å². The van der Waals surface area contributed by atoms with Crippen molar-refractivity contribution >= 4 is 0 Å². The molecular formula is C16H26N2O. The lowest BCUT2D eigenvalue weighted by molar-refractivity contribution is 0.147. The molecule has 1 aromatic rings. The van der Waals surface area contributed by atoms with Gasteiger partial charge in [0.15, 0.2) is 0 Å². The summed E-state index contributed by atoms with van der Waals surface area (Å²) in [5.41, 5.74) is 0. The van der Waals surface area contributed by atoms with E-state index >= 15 is 0 Å². The van der Waals surface area contributed by atoms with E-state index in [9.17, 15) is 0 Å². The summed E-state index contributed by atoms with van der Waals surface area (Å²) >= 11 is 0. The Morgan fingerprint density at radius 1 is 1.32 bits per heavy atom. The predicted molar refractivity (Wildman–Crippen MR) is 77.2 cm³/mol. The minimum Gasteiger partial charge on any atom is -0.469 e. The number of nitrogens with one attached hydrogen (secondary N) is 1. The summed E-state index contributed by atoms with van der Waals surface area (Å²) in [5.74, 6) is 2.02. The molecule has 1 saturated heterocycles. The first-order chi connectivity index (χ1) is 9.33. The number of hydrogen-bond donors (Lipinski definition) is 1. The Morgan fingerprint density at radius 3 is 2.74 bits per heavy atom.